The monoisotopic (exact) mass is 1570 g/mol. The molecule has 0 spiro atoms. The minimum atomic E-state index is -1.51. The number of rotatable bonds is 18. The van der Waals surface area contributed by atoms with Crippen LogP contribution in [-0.4, -0.2) is 180 Å². The van der Waals surface area contributed by atoms with Gasteiger partial charge in [-0.05, 0) is 70.8 Å². The second kappa shape index (κ2) is 46.7. The Labute approximate surface area is 620 Å². The molecule has 39 heteroatoms. The fraction of sp³-hybridized carbons (Fsp3) is 0.394. The van der Waals surface area contributed by atoms with Crippen LogP contribution in [0.15, 0.2) is 72.8 Å². The summed E-state index contributed by atoms with van der Waals surface area (Å²) >= 11 is 23.5. The molecule has 0 aliphatic carbocycles. The normalized spacial score (nSPS) is 15.4. The lowest BCUT2D eigenvalue weighted by Gasteiger charge is -2.13. The number of aryl methyl sites for hydroxylation is 1. The van der Waals surface area contributed by atoms with E-state index in [1.54, 1.807) is 84.4 Å². The van der Waals surface area contributed by atoms with Crippen LogP contribution in [-0.2, 0) is 72.0 Å². The molecule has 105 heavy (non-hydrogen) atoms. The largest absolute Gasteiger partial charge is 0.497 e. The number of imide groups is 5. The number of nitro benzene ring substituents is 1. The Morgan fingerprint density at radius 1 is 0.467 bits per heavy atom. The third-order valence-corrected chi connectivity index (χ3v) is 15.7. The lowest BCUT2D eigenvalue weighted by molar-refractivity contribution is -0.385. The fourth-order valence-corrected chi connectivity index (χ4v) is 9.44. The number of nitrogens with zero attached hydrogens (tertiary/aromatic N) is 6. The number of benzene rings is 5. The smallest absolute Gasteiger partial charge is 0.310 e. The average Bonchev–Trinajstić information content (AvgIpc) is 1.78. The van der Waals surface area contributed by atoms with Crippen LogP contribution in [0.1, 0.15) is 89.8 Å². The molecule has 31 nitrogen and oxygen atoms in total. The number of carbonyl (C=O) groups excluding carboxylic acids is 10. The number of hydrogen-bond donors (Lipinski definition) is 2. The Hall–Kier alpha value is -9.08. The SMILES string of the molecule is CNCOCON1C(=O)CC(C)C1=O.CNCOCON1C(=O)CCC1=O.CON1C(=O)CC(C)C1=O.CON1C(=O)CCC1=O.CON1C(=O)c2ccccc2C1=O.COc1c(Cl)c(Cl)c(C)c(Cl)c1Cl.COc1c(F)c(F)c(C)c(F)c1F.COc1ccc(C)cc1.COc1ccccc1[N+](=O)[O-]. The van der Waals surface area contributed by atoms with E-state index >= 15 is 0 Å². The van der Waals surface area contributed by atoms with Crippen LogP contribution in [0.5, 0.6) is 23.0 Å². The number of para-hydroxylation sites is 2. The Balaban J connectivity index is 0.000000403. The van der Waals surface area contributed by atoms with Crippen molar-refractivity contribution in [3.05, 3.63) is 154 Å². The van der Waals surface area contributed by atoms with Gasteiger partial charge in [-0.2, -0.15) is 29.0 Å². The van der Waals surface area contributed by atoms with Crippen LogP contribution in [0, 0.1) is 66.0 Å². The van der Waals surface area contributed by atoms with Gasteiger partial charge in [-0.3, -0.25) is 83.2 Å². The van der Waals surface area contributed by atoms with Crippen LogP contribution in [0.4, 0.5) is 23.2 Å². The van der Waals surface area contributed by atoms with Gasteiger partial charge in [-0.1, -0.05) is 102 Å². The van der Waals surface area contributed by atoms with Gasteiger partial charge in [0.2, 0.25) is 11.6 Å². The van der Waals surface area contributed by atoms with Gasteiger partial charge in [0, 0.05) is 62.0 Å². The van der Waals surface area contributed by atoms with E-state index in [0.717, 1.165) is 45.1 Å². The van der Waals surface area contributed by atoms with Gasteiger partial charge in [-0.25, -0.2) is 18.5 Å². The first-order valence-corrected chi connectivity index (χ1v) is 32.1. The minimum absolute atomic E-state index is 0.00463. The molecule has 0 bridgehead atoms. The van der Waals surface area contributed by atoms with Crippen molar-refractivity contribution in [2.75, 3.05) is 90.9 Å². The maximum absolute atomic E-state index is 12.8. The Bertz CT molecular complexity index is 3660. The van der Waals surface area contributed by atoms with Crippen molar-refractivity contribution in [1.29, 1.82) is 0 Å². The van der Waals surface area contributed by atoms with Crippen molar-refractivity contribution in [2.45, 2.75) is 73.1 Å². The van der Waals surface area contributed by atoms with E-state index in [9.17, 15) is 75.6 Å². The topological polar surface area (TPSA) is 356 Å². The molecule has 5 heterocycles. The van der Waals surface area contributed by atoms with Crippen LogP contribution in [0.3, 0.4) is 0 Å². The third-order valence-electron chi connectivity index (χ3n) is 13.8. The number of amides is 10. The Morgan fingerprint density at radius 3 is 1.19 bits per heavy atom. The second-order valence-corrected chi connectivity index (χ2v) is 22.6. The van der Waals surface area contributed by atoms with Crippen molar-refractivity contribution in [3.63, 3.8) is 0 Å². The molecule has 0 radical (unpaired) electrons. The van der Waals surface area contributed by atoms with Gasteiger partial charge >= 0.3 is 5.69 Å². The number of fused-ring (bicyclic) bond motifs is 1. The maximum Gasteiger partial charge on any atom is 0.310 e. The first kappa shape index (κ1) is 92.0. The highest BCUT2D eigenvalue weighted by Crippen LogP contribution is 2.45. The van der Waals surface area contributed by atoms with E-state index in [-0.39, 0.29) is 133 Å². The predicted molar refractivity (Wildman–Crippen MR) is 366 cm³/mol. The van der Waals surface area contributed by atoms with Gasteiger partial charge in [0.25, 0.3) is 59.1 Å². The molecule has 4 saturated heterocycles. The van der Waals surface area contributed by atoms with E-state index < -0.39 is 51.3 Å². The molecule has 2 atom stereocenters. The number of nitrogens with one attached hydrogen (secondary N) is 2. The lowest BCUT2D eigenvalue weighted by Crippen LogP contribution is -2.32. The zero-order valence-corrected chi connectivity index (χ0v) is 62.3. The molecule has 0 saturated carbocycles. The van der Waals surface area contributed by atoms with Gasteiger partial charge < -0.3 is 28.4 Å². The molecule has 10 rings (SSSR count). The molecule has 5 aromatic rings. The molecule has 10 amide bonds. The van der Waals surface area contributed by atoms with Crippen molar-refractivity contribution < 1.29 is 123 Å². The molecular weight excluding hydrogens is 1490 g/mol. The van der Waals surface area contributed by atoms with Crippen LogP contribution in [0.2, 0.25) is 20.1 Å². The van der Waals surface area contributed by atoms with Crippen LogP contribution in [0.25, 0.3) is 0 Å². The summed E-state index contributed by atoms with van der Waals surface area (Å²) in [5.74, 6) is -8.94. The summed E-state index contributed by atoms with van der Waals surface area (Å²) in [5.41, 5.74) is 2.00. The molecule has 2 unspecified atom stereocenters. The van der Waals surface area contributed by atoms with E-state index in [0.29, 0.717) is 45.9 Å². The van der Waals surface area contributed by atoms with Crippen molar-refractivity contribution in [2.24, 2.45) is 11.8 Å². The highest BCUT2D eigenvalue weighted by atomic mass is 35.5. The number of nitro groups is 1. The molecule has 4 fully saturated rings. The van der Waals surface area contributed by atoms with Crippen LogP contribution >= 0.6 is 46.4 Å². The van der Waals surface area contributed by atoms with Crippen molar-refractivity contribution in [1.82, 2.24) is 35.9 Å². The van der Waals surface area contributed by atoms with Gasteiger partial charge in [0.15, 0.2) is 42.5 Å². The quantitative estimate of drug-likeness (QED) is 0.0157. The molecule has 0 aromatic heterocycles. The molecule has 5 aliphatic heterocycles. The molecule has 5 aromatic carbocycles. The highest BCUT2D eigenvalue weighted by molar-refractivity contribution is 6.49. The second-order valence-electron chi connectivity index (χ2n) is 21.1. The van der Waals surface area contributed by atoms with Gasteiger partial charge in [0.05, 0.1) is 89.3 Å². The zero-order valence-electron chi connectivity index (χ0n) is 59.3. The van der Waals surface area contributed by atoms with Gasteiger partial charge in [0.1, 0.15) is 15.8 Å². The molecule has 2 N–H and O–H groups in total. The first-order valence-electron chi connectivity index (χ1n) is 30.6. The average molecular weight is 1570 g/mol. The van der Waals surface area contributed by atoms with E-state index in [4.69, 9.17) is 79.8 Å². The summed E-state index contributed by atoms with van der Waals surface area (Å²) in [6.45, 7) is 8.56. The highest BCUT2D eigenvalue weighted by Gasteiger charge is 2.39. The third kappa shape index (κ3) is 26.8. The number of halogens is 8. The van der Waals surface area contributed by atoms with Crippen molar-refractivity contribution in [3.8, 4) is 23.0 Å². The maximum atomic E-state index is 12.8. The summed E-state index contributed by atoms with van der Waals surface area (Å²) in [4.78, 5) is 143. The number of ether oxygens (including phenoxy) is 6. The predicted octanol–water partition coefficient (Wildman–Crippen LogP) is 9.95. The van der Waals surface area contributed by atoms with E-state index in [2.05, 4.69) is 36.8 Å². The number of hydroxylamine groups is 10. The Kier molecular flexibility index (Phi) is 40.9. The van der Waals surface area contributed by atoms with Crippen molar-refractivity contribution >= 4 is 111 Å². The van der Waals surface area contributed by atoms with Crippen LogP contribution < -0.4 is 29.6 Å². The lowest BCUT2D eigenvalue weighted by atomic mass is 10.1. The molecule has 576 valence electrons. The van der Waals surface area contributed by atoms with E-state index in [1.165, 1.54) is 47.2 Å². The summed E-state index contributed by atoms with van der Waals surface area (Å²) in [7, 11) is 12.8. The number of hydrogen-bond acceptors (Lipinski definition) is 25. The fourth-order valence-electron chi connectivity index (χ4n) is 8.35. The van der Waals surface area contributed by atoms with Gasteiger partial charge in [-0.15, -0.1) is 5.06 Å². The molecular formula is C66H78Cl4F4N8O23. The summed E-state index contributed by atoms with van der Waals surface area (Å²) in [5, 5.41) is 21.0. The number of methoxy groups -OCH3 is 4. The molecule has 5 aliphatic rings. The van der Waals surface area contributed by atoms with E-state index in [1.807, 2.05) is 24.3 Å². The summed E-state index contributed by atoms with van der Waals surface area (Å²) < 4.78 is 79.7. The minimum Gasteiger partial charge on any atom is -0.497 e. The zero-order chi connectivity index (χ0) is 79.5. The summed E-state index contributed by atoms with van der Waals surface area (Å²) in [6, 6.07) is 20.8. The Morgan fingerprint density at radius 2 is 0.857 bits per heavy atom. The summed E-state index contributed by atoms with van der Waals surface area (Å²) in [6.07, 6.45) is 1.51. The first-order chi connectivity index (χ1) is 49.7. The standard InChI is InChI=1S/C9H7NO3.C8H6Cl4O.C8H6F4O.C8H14N2O4.C8H10O.C7H12N2O4.C7H7NO3.C6H9NO3.C5H7NO3/c1-13-10-8(11)6-4-2-3-5-7(6)9(10)12;2*1-3-4(9)6(11)8(13-2)7(12)5(3)10;1-6-3-7(11)10(8(6)12)14-5-13-4-9-2;1-7-3-5-8(9-2)6-4-7;1-8-4-12-5-13-9-6(10)2-3-7(9)11;1-11-7-5-3-2-4-6(7)8(9)10;1-4-3-5(8)7(10-2)6(4)9;1-9-6-4(7)2-3-5(6)8/h2-5H,1H3;2*1-2H3;6,9H,3-5H2,1-2H3;3-6H,1-2H3;8H,2-5H2,1H3;2-5H,1H3;4H,3H2,1-2H3;2-3H2,1H3. The number of carbonyl (C=O) groups is 10.